The number of benzene rings is 2. The largest absolute Gasteiger partial charge is 0.495 e. The lowest BCUT2D eigenvalue weighted by Gasteiger charge is -2.13. The number of sulfonamides is 1. The van der Waals surface area contributed by atoms with Crippen molar-refractivity contribution in [1.82, 2.24) is 10.0 Å². The molecule has 1 fully saturated rings. The highest BCUT2D eigenvalue weighted by atomic mass is 32.2. The summed E-state index contributed by atoms with van der Waals surface area (Å²) in [6.07, 6.45) is 1.91. The van der Waals surface area contributed by atoms with Crippen LogP contribution in [0, 0.1) is 0 Å². The highest BCUT2D eigenvalue weighted by molar-refractivity contribution is 7.89. The van der Waals surface area contributed by atoms with Crippen LogP contribution in [0.1, 0.15) is 33.6 Å². The van der Waals surface area contributed by atoms with Crippen LogP contribution in [0.2, 0.25) is 0 Å². The first-order chi connectivity index (χ1) is 13.4. The van der Waals surface area contributed by atoms with Gasteiger partial charge in [0.05, 0.1) is 18.4 Å². The van der Waals surface area contributed by atoms with Crippen LogP contribution in [-0.2, 0) is 10.0 Å². The topological polar surface area (TPSA) is 114 Å². The van der Waals surface area contributed by atoms with Crippen molar-refractivity contribution in [2.24, 2.45) is 0 Å². The molecule has 1 saturated carbocycles. The fraction of sp³-hybridized carbons (Fsp3) is 0.263. The molecule has 0 bridgehead atoms. The Hall–Kier alpha value is -2.91. The normalized spacial score (nSPS) is 13.6. The van der Waals surface area contributed by atoms with Crippen molar-refractivity contribution in [2.45, 2.75) is 23.8 Å². The number of ether oxygens (including phenoxy) is 1. The molecule has 2 aromatic rings. The second-order valence-corrected chi connectivity index (χ2v) is 8.18. The van der Waals surface area contributed by atoms with E-state index in [4.69, 9.17) is 4.74 Å². The zero-order valence-electron chi connectivity index (χ0n) is 15.5. The van der Waals surface area contributed by atoms with E-state index in [-0.39, 0.29) is 28.2 Å². The van der Waals surface area contributed by atoms with Crippen molar-refractivity contribution in [3.05, 3.63) is 53.6 Å². The van der Waals surface area contributed by atoms with Crippen molar-refractivity contribution in [3.8, 4) is 5.75 Å². The van der Waals surface area contributed by atoms with Gasteiger partial charge in [-0.25, -0.2) is 13.1 Å². The molecule has 3 rings (SSSR count). The van der Waals surface area contributed by atoms with Crippen molar-refractivity contribution >= 4 is 27.5 Å². The molecule has 2 amide bonds. The number of carbonyl (C=O) groups is 2. The number of rotatable bonds is 7. The van der Waals surface area contributed by atoms with E-state index in [1.54, 1.807) is 24.3 Å². The molecule has 0 heterocycles. The summed E-state index contributed by atoms with van der Waals surface area (Å²) in [5.74, 6) is -0.677. The van der Waals surface area contributed by atoms with E-state index in [9.17, 15) is 18.0 Å². The number of para-hydroxylation sites is 1. The van der Waals surface area contributed by atoms with Gasteiger partial charge in [0.25, 0.3) is 11.8 Å². The summed E-state index contributed by atoms with van der Waals surface area (Å²) in [6.45, 7) is 0. The monoisotopic (exact) mass is 403 g/mol. The standard InChI is InChI=1S/C19H21N3O5S/c1-20-28(25,26)17-11-12(7-10-16(17)27-2)18(23)22-15-6-4-3-5-14(15)19(24)21-13-8-9-13/h3-7,10-11,13,20H,8-9H2,1-2H3,(H,21,24)(H,22,23). The van der Waals surface area contributed by atoms with Crippen LogP contribution in [-0.4, -0.2) is 40.4 Å². The van der Waals surface area contributed by atoms with E-state index in [0.717, 1.165) is 12.8 Å². The Morgan fingerprint density at radius 1 is 1.07 bits per heavy atom. The summed E-state index contributed by atoms with van der Waals surface area (Å²) >= 11 is 0. The Morgan fingerprint density at radius 2 is 1.79 bits per heavy atom. The van der Waals surface area contributed by atoms with Crippen molar-refractivity contribution < 1.29 is 22.7 Å². The number of hydrogen-bond acceptors (Lipinski definition) is 5. The third-order valence-corrected chi connectivity index (χ3v) is 5.75. The molecule has 9 heteroatoms. The average molecular weight is 403 g/mol. The van der Waals surface area contributed by atoms with Gasteiger partial charge in [0, 0.05) is 11.6 Å². The molecule has 0 spiro atoms. The predicted octanol–water partition coefficient (Wildman–Crippen LogP) is 1.75. The first-order valence-corrected chi connectivity index (χ1v) is 10.2. The molecule has 0 radical (unpaired) electrons. The van der Waals surface area contributed by atoms with E-state index in [1.807, 2.05) is 0 Å². The van der Waals surface area contributed by atoms with Gasteiger partial charge in [-0.3, -0.25) is 9.59 Å². The Labute approximate surface area is 163 Å². The lowest BCUT2D eigenvalue weighted by molar-refractivity contribution is 0.0952. The van der Waals surface area contributed by atoms with E-state index in [0.29, 0.717) is 11.3 Å². The van der Waals surface area contributed by atoms with Gasteiger partial charge in [0.15, 0.2) is 0 Å². The zero-order chi connectivity index (χ0) is 20.3. The van der Waals surface area contributed by atoms with Gasteiger partial charge in [-0.05, 0) is 50.2 Å². The highest BCUT2D eigenvalue weighted by Gasteiger charge is 2.25. The fourth-order valence-electron chi connectivity index (χ4n) is 2.61. The Balaban J connectivity index is 1.88. The van der Waals surface area contributed by atoms with Crippen LogP contribution in [0.25, 0.3) is 0 Å². The minimum Gasteiger partial charge on any atom is -0.495 e. The average Bonchev–Trinajstić information content (AvgIpc) is 3.51. The molecule has 2 aromatic carbocycles. The number of carbonyl (C=O) groups excluding carboxylic acids is 2. The van der Waals surface area contributed by atoms with E-state index in [2.05, 4.69) is 15.4 Å². The molecule has 28 heavy (non-hydrogen) atoms. The van der Waals surface area contributed by atoms with E-state index >= 15 is 0 Å². The highest BCUT2D eigenvalue weighted by Crippen LogP contribution is 2.26. The Morgan fingerprint density at radius 3 is 2.43 bits per heavy atom. The summed E-state index contributed by atoms with van der Waals surface area (Å²) in [4.78, 5) is 24.9. The number of methoxy groups -OCH3 is 1. The molecule has 8 nitrogen and oxygen atoms in total. The van der Waals surface area contributed by atoms with Crippen LogP contribution in [0.3, 0.4) is 0 Å². The lowest BCUT2D eigenvalue weighted by atomic mass is 10.1. The van der Waals surface area contributed by atoms with E-state index < -0.39 is 15.9 Å². The molecule has 0 saturated heterocycles. The fourth-order valence-corrected chi connectivity index (χ4v) is 3.53. The smallest absolute Gasteiger partial charge is 0.255 e. The maximum Gasteiger partial charge on any atom is 0.255 e. The van der Waals surface area contributed by atoms with Crippen LogP contribution in [0.4, 0.5) is 5.69 Å². The molecule has 0 atom stereocenters. The van der Waals surface area contributed by atoms with Gasteiger partial charge in [0.1, 0.15) is 10.6 Å². The lowest BCUT2D eigenvalue weighted by Crippen LogP contribution is -2.27. The maximum absolute atomic E-state index is 12.7. The summed E-state index contributed by atoms with van der Waals surface area (Å²) in [7, 11) is -1.20. The summed E-state index contributed by atoms with van der Waals surface area (Å²) in [5, 5.41) is 5.56. The molecule has 1 aliphatic rings. The second kappa shape index (κ2) is 7.99. The third-order valence-electron chi connectivity index (χ3n) is 4.32. The van der Waals surface area contributed by atoms with Crippen LogP contribution < -0.4 is 20.1 Å². The zero-order valence-corrected chi connectivity index (χ0v) is 16.3. The number of anilines is 1. The SMILES string of the molecule is CNS(=O)(=O)c1cc(C(=O)Nc2ccccc2C(=O)NC2CC2)ccc1OC. The molecule has 1 aliphatic carbocycles. The molecule has 148 valence electrons. The second-order valence-electron chi connectivity index (χ2n) is 6.32. The Bertz CT molecular complexity index is 1020. The van der Waals surface area contributed by atoms with Gasteiger partial charge in [0.2, 0.25) is 10.0 Å². The summed E-state index contributed by atoms with van der Waals surface area (Å²) in [5.41, 5.74) is 0.811. The molecule has 0 aromatic heterocycles. The summed E-state index contributed by atoms with van der Waals surface area (Å²) in [6, 6.07) is 10.9. The third kappa shape index (κ3) is 4.32. The maximum atomic E-state index is 12.7. The van der Waals surface area contributed by atoms with E-state index in [1.165, 1.54) is 32.4 Å². The number of nitrogens with one attached hydrogen (secondary N) is 3. The van der Waals surface area contributed by atoms with Crippen molar-refractivity contribution in [3.63, 3.8) is 0 Å². The first-order valence-electron chi connectivity index (χ1n) is 8.68. The van der Waals surface area contributed by atoms with Crippen LogP contribution >= 0.6 is 0 Å². The molecule has 0 unspecified atom stereocenters. The number of hydrogen-bond donors (Lipinski definition) is 3. The van der Waals surface area contributed by atoms with Crippen LogP contribution in [0.5, 0.6) is 5.75 Å². The molecule has 0 aliphatic heterocycles. The Kier molecular flexibility index (Phi) is 5.66. The minimum absolute atomic E-state index is 0.118. The quantitative estimate of drug-likeness (QED) is 0.652. The van der Waals surface area contributed by atoms with Crippen LogP contribution in [0.15, 0.2) is 47.4 Å². The number of amides is 2. The van der Waals surface area contributed by atoms with Gasteiger partial charge in [-0.15, -0.1) is 0 Å². The minimum atomic E-state index is -3.82. The molecular formula is C19H21N3O5S. The van der Waals surface area contributed by atoms with Crippen molar-refractivity contribution in [1.29, 1.82) is 0 Å². The predicted molar refractivity (Wildman–Crippen MR) is 104 cm³/mol. The molecular weight excluding hydrogens is 382 g/mol. The molecule has 3 N–H and O–H groups in total. The van der Waals surface area contributed by atoms with Crippen molar-refractivity contribution in [2.75, 3.05) is 19.5 Å². The summed E-state index contributed by atoms with van der Waals surface area (Å²) < 4.78 is 31.7. The van der Waals surface area contributed by atoms with Gasteiger partial charge >= 0.3 is 0 Å². The van der Waals surface area contributed by atoms with Gasteiger partial charge < -0.3 is 15.4 Å². The van der Waals surface area contributed by atoms with Gasteiger partial charge in [-0.2, -0.15) is 0 Å². The van der Waals surface area contributed by atoms with Gasteiger partial charge in [-0.1, -0.05) is 12.1 Å². The first kappa shape index (κ1) is 19.8.